The Morgan fingerprint density at radius 3 is 2.00 bits per heavy atom. The first-order valence-corrected chi connectivity index (χ1v) is 5.02. The molecule has 0 unspecified atom stereocenters. The molecule has 0 aliphatic rings. The van der Waals surface area contributed by atoms with Crippen LogP contribution in [0.25, 0.3) is 0 Å². The Morgan fingerprint density at radius 2 is 1.69 bits per heavy atom. The molecule has 0 atom stereocenters. The Labute approximate surface area is 90.9 Å². The Morgan fingerprint density at radius 1 is 1.23 bits per heavy atom. The quantitative estimate of drug-likeness (QED) is 0.781. The zero-order valence-electron chi connectivity index (χ0n) is 7.43. The van der Waals surface area contributed by atoms with Gasteiger partial charge in [-0.25, -0.2) is 0 Å². The second-order valence-corrected chi connectivity index (χ2v) is 3.61. The minimum absolute atomic E-state index is 0.375. The third-order valence-electron chi connectivity index (χ3n) is 1.71. The number of halogens is 2. The van der Waals surface area contributed by atoms with Crippen LogP contribution in [-0.2, 0) is 5.88 Å². The summed E-state index contributed by atoms with van der Waals surface area (Å²) < 4.78 is 11.2. The molecule has 0 aliphatic carbocycles. The van der Waals surface area contributed by atoms with E-state index in [0.29, 0.717) is 5.88 Å². The fourth-order valence-electron chi connectivity index (χ4n) is 1.08. The fourth-order valence-corrected chi connectivity index (χ4v) is 1.76. The van der Waals surface area contributed by atoms with E-state index in [1.54, 1.807) is 14.2 Å². The van der Waals surface area contributed by atoms with Crippen molar-refractivity contribution in [2.45, 2.75) is 5.88 Å². The Bertz CT molecular complexity index is 277. The van der Waals surface area contributed by atoms with E-state index in [4.69, 9.17) is 21.1 Å². The molecule has 0 fully saturated rings. The molecular formula is C9H10BrClO2. The van der Waals surface area contributed by atoms with Crippen LogP contribution in [0.15, 0.2) is 16.6 Å². The molecule has 1 aromatic carbocycles. The highest BCUT2D eigenvalue weighted by molar-refractivity contribution is 9.10. The van der Waals surface area contributed by atoms with Crippen molar-refractivity contribution in [2.24, 2.45) is 0 Å². The minimum atomic E-state index is 0.375. The van der Waals surface area contributed by atoms with Crippen LogP contribution in [0.1, 0.15) is 5.56 Å². The van der Waals surface area contributed by atoms with Gasteiger partial charge < -0.3 is 9.47 Å². The highest BCUT2D eigenvalue weighted by atomic mass is 79.9. The molecule has 1 aromatic rings. The molecule has 2 nitrogen and oxygen atoms in total. The van der Waals surface area contributed by atoms with Crippen molar-refractivity contribution in [1.82, 2.24) is 0 Å². The average molecular weight is 266 g/mol. The van der Waals surface area contributed by atoms with Crippen molar-refractivity contribution in [2.75, 3.05) is 14.2 Å². The fraction of sp³-hybridized carbons (Fsp3) is 0.333. The highest BCUT2D eigenvalue weighted by Crippen LogP contribution is 2.33. The lowest BCUT2D eigenvalue weighted by molar-refractivity contribution is 0.387. The van der Waals surface area contributed by atoms with Crippen LogP contribution in [0, 0.1) is 0 Å². The molecule has 0 saturated carbocycles. The zero-order valence-corrected chi connectivity index (χ0v) is 9.78. The van der Waals surface area contributed by atoms with Gasteiger partial charge in [0.2, 0.25) is 0 Å². The van der Waals surface area contributed by atoms with Crippen molar-refractivity contribution < 1.29 is 9.47 Å². The Kier molecular flexibility index (Phi) is 3.88. The van der Waals surface area contributed by atoms with E-state index in [1.807, 2.05) is 12.1 Å². The molecule has 0 saturated heterocycles. The van der Waals surface area contributed by atoms with Gasteiger partial charge in [-0.05, 0) is 12.1 Å². The molecule has 0 aliphatic heterocycles. The molecule has 0 bridgehead atoms. The molecular weight excluding hydrogens is 255 g/mol. The molecule has 4 heteroatoms. The van der Waals surface area contributed by atoms with Gasteiger partial charge in [-0.15, -0.1) is 11.6 Å². The van der Waals surface area contributed by atoms with E-state index in [9.17, 15) is 0 Å². The van der Waals surface area contributed by atoms with Crippen molar-refractivity contribution in [3.63, 3.8) is 0 Å². The topological polar surface area (TPSA) is 18.5 Å². The maximum atomic E-state index is 5.77. The van der Waals surface area contributed by atoms with Crippen molar-refractivity contribution in [1.29, 1.82) is 0 Å². The van der Waals surface area contributed by atoms with Crippen LogP contribution in [0.3, 0.4) is 0 Å². The molecule has 0 amide bonds. The van der Waals surface area contributed by atoms with E-state index >= 15 is 0 Å². The summed E-state index contributed by atoms with van der Waals surface area (Å²) in [5.41, 5.74) is 0.870. The number of hydrogen-bond donors (Lipinski definition) is 0. The third-order valence-corrected chi connectivity index (χ3v) is 2.43. The SMILES string of the molecule is COc1cc(Br)cc(OC)c1CCl. The summed E-state index contributed by atoms with van der Waals surface area (Å²) in [6.45, 7) is 0. The van der Waals surface area contributed by atoms with E-state index in [2.05, 4.69) is 15.9 Å². The number of hydrogen-bond acceptors (Lipinski definition) is 2. The zero-order chi connectivity index (χ0) is 9.84. The lowest BCUT2D eigenvalue weighted by Gasteiger charge is -2.11. The molecule has 0 N–H and O–H groups in total. The van der Waals surface area contributed by atoms with Crippen molar-refractivity contribution in [3.8, 4) is 11.5 Å². The lowest BCUT2D eigenvalue weighted by Crippen LogP contribution is -1.94. The van der Waals surface area contributed by atoms with E-state index in [-0.39, 0.29) is 0 Å². The molecule has 0 spiro atoms. The third kappa shape index (κ3) is 2.29. The predicted molar refractivity (Wildman–Crippen MR) is 56.8 cm³/mol. The van der Waals surface area contributed by atoms with Gasteiger partial charge in [0.15, 0.2) is 0 Å². The summed E-state index contributed by atoms with van der Waals surface area (Å²) in [6, 6.07) is 3.72. The lowest BCUT2D eigenvalue weighted by atomic mass is 10.2. The van der Waals surface area contributed by atoms with E-state index in [1.165, 1.54) is 0 Å². The number of benzene rings is 1. The van der Waals surface area contributed by atoms with Gasteiger partial charge in [-0.1, -0.05) is 15.9 Å². The molecule has 0 radical (unpaired) electrons. The van der Waals surface area contributed by atoms with Crippen molar-refractivity contribution >= 4 is 27.5 Å². The predicted octanol–water partition coefficient (Wildman–Crippen LogP) is 3.21. The summed E-state index contributed by atoms with van der Waals surface area (Å²) >= 11 is 9.13. The first-order chi connectivity index (χ1) is 6.22. The first-order valence-electron chi connectivity index (χ1n) is 3.69. The molecule has 0 aromatic heterocycles. The van der Waals surface area contributed by atoms with E-state index in [0.717, 1.165) is 21.5 Å². The summed E-state index contributed by atoms with van der Waals surface area (Å²) in [4.78, 5) is 0. The highest BCUT2D eigenvalue weighted by Gasteiger charge is 2.09. The number of alkyl halides is 1. The maximum absolute atomic E-state index is 5.77. The monoisotopic (exact) mass is 264 g/mol. The van der Waals surface area contributed by atoms with Crippen LogP contribution in [0.5, 0.6) is 11.5 Å². The van der Waals surface area contributed by atoms with Crippen LogP contribution in [0.4, 0.5) is 0 Å². The van der Waals surface area contributed by atoms with Gasteiger partial charge in [0.1, 0.15) is 11.5 Å². The van der Waals surface area contributed by atoms with Gasteiger partial charge in [0.25, 0.3) is 0 Å². The molecule has 13 heavy (non-hydrogen) atoms. The molecule has 0 heterocycles. The maximum Gasteiger partial charge on any atom is 0.128 e. The normalized spacial score (nSPS) is 9.85. The van der Waals surface area contributed by atoms with Gasteiger partial charge >= 0.3 is 0 Å². The summed E-state index contributed by atoms with van der Waals surface area (Å²) in [5.74, 6) is 1.85. The van der Waals surface area contributed by atoms with E-state index < -0.39 is 0 Å². The molecule has 1 rings (SSSR count). The summed E-state index contributed by atoms with van der Waals surface area (Å²) in [6.07, 6.45) is 0. The number of methoxy groups -OCH3 is 2. The standard InChI is InChI=1S/C9H10BrClO2/c1-12-8-3-6(10)4-9(13-2)7(8)5-11/h3-4H,5H2,1-2H3. The van der Waals surface area contributed by atoms with Gasteiger partial charge in [0, 0.05) is 4.47 Å². The molecule has 72 valence electrons. The smallest absolute Gasteiger partial charge is 0.128 e. The summed E-state index contributed by atoms with van der Waals surface area (Å²) in [7, 11) is 3.22. The average Bonchev–Trinajstić information content (AvgIpc) is 2.16. The number of ether oxygens (including phenoxy) is 2. The Hall–Kier alpha value is -0.410. The Balaban J connectivity index is 3.25. The minimum Gasteiger partial charge on any atom is -0.496 e. The van der Waals surface area contributed by atoms with Gasteiger partial charge in [0.05, 0.1) is 25.7 Å². The first kappa shape index (κ1) is 10.7. The van der Waals surface area contributed by atoms with Crippen LogP contribution < -0.4 is 9.47 Å². The van der Waals surface area contributed by atoms with Crippen LogP contribution >= 0.6 is 27.5 Å². The van der Waals surface area contributed by atoms with Gasteiger partial charge in [-0.3, -0.25) is 0 Å². The second kappa shape index (κ2) is 4.72. The van der Waals surface area contributed by atoms with Crippen LogP contribution in [0.2, 0.25) is 0 Å². The van der Waals surface area contributed by atoms with Crippen molar-refractivity contribution in [3.05, 3.63) is 22.2 Å². The van der Waals surface area contributed by atoms with Crippen LogP contribution in [-0.4, -0.2) is 14.2 Å². The summed E-state index contributed by atoms with van der Waals surface area (Å²) in [5, 5.41) is 0. The second-order valence-electron chi connectivity index (χ2n) is 2.42. The largest absolute Gasteiger partial charge is 0.496 e. The van der Waals surface area contributed by atoms with Gasteiger partial charge in [-0.2, -0.15) is 0 Å². The number of rotatable bonds is 3.